The lowest BCUT2D eigenvalue weighted by atomic mass is 10.1. The standard InChI is InChI=1S/C14H9BrCl2N2/c1-8-4-12(17)14(6-11(8)16)19-13-5-10(15)3-2-9(13)7-18/h2-6,19H,1H3. The fraction of sp³-hybridized carbons (Fsp3) is 0.0714. The van der Waals surface area contributed by atoms with E-state index in [9.17, 15) is 0 Å². The molecule has 0 aliphatic rings. The van der Waals surface area contributed by atoms with Crippen molar-refractivity contribution < 1.29 is 0 Å². The second kappa shape index (κ2) is 5.83. The first-order valence-electron chi connectivity index (χ1n) is 5.43. The molecule has 0 spiro atoms. The zero-order valence-corrected chi connectivity index (χ0v) is 13.1. The number of hydrogen-bond donors (Lipinski definition) is 1. The number of halogens is 3. The Balaban J connectivity index is 2.45. The predicted molar refractivity (Wildman–Crippen MR) is 83.3 cm³/mol. The molecule has 5 heteroatoms. The van der Waals surface area contributed by atoms with Gasteiger partial charge in [-0.2, -0.15) is 5.26 Å². The lowest BCUT2D eigenvalue weighted by molar-refractivity contribution is 1.43. The van der Waals surface area contributed by atoms with Crippen LogP contribution >= 0.6 is 39.1 Å². The minimum absolute atomic E-state index is 0.538. The van der Waals surface area contributed by atoms with Crippen LogP contribution in [0.15, 0.2) is 34.8 Å². The van der Waals surface area contributed by atoms with Crippen LogP contribution in [0.1, 0.15) is 11.1 Å². The van der Waals surface area contributed by atoms with Gasteiger partial charge in [0.05, 0.1) is 22.0 Å². The highest BCUT2D eigenvalue weighted by Crippen LogP contribution is 2.32. The zero-order valence-electron chi connectivity index (χ0n) is 9.97. The molecule has 1 N–H and O–H groups in total. The van der Waals surface area contributed by atoms with Gasteiger partial charge in [0, 0.05) is 9.50 Å². The second-order valence-corrected chi connectivity index (χ2v) is 5.74. The van der Waals surface area contributed by atoms with Crippen LogP contribution in [0.3, 0.4) is 0 Å². The van der Waals surface area contributed by atoms with Crippen molar-refractivity contribution in [3.05, 3.63) is 56.0 Å². The maximum atomic E-state index is 9.09. The molecule has 2 aromatic carbocycles. The van der Waals surface area contributed by atoms with Crippen molar-refractivity contribution in [3.8, 4) is 6.07 Å². The Kier molecular flexibility index (Phi) is 4.36. The van der Waals surface area contributed by atoms with Crippen LogP contribution in [0.25, 0.3) is 0 Å². The van der Waals surface area contributed by atoms with Crippen molar-refractivity contribution in [1.29, 1.82) is 5.26 Å². The molecule has 0 aliphatic carbocycles. The van der Waals surface area contributed by atoms with Gasteiger partial charge in [0.25, 0.3) is 0 Å². The molecule has 0 fully saturated rings. The molecule has 2 rings (SSSR count). The van der Waals surface area contributed by atoms with Crippen molar-refractivity contribution in [2.75, 3.05) is 5.32 Å². The third-order valence-electron chi connectivity index (χ3n) is 2.62. The second-order valence-electron chi connectivity index (χ2n) is 4.01. The van der Waals surface area contributed by atoms with Crippen LogP contribution < -0.4 is 5.32 Å². The summed E-state index contributed by atoms with van der Waals surface area (Å²) in [5.41, 5.74) is 2.80. The van der Waals surface area contributed by atoms with Crippen molar-refractivity contribution in [1.82, 2.24) is 0 Å². The van der Waals surface area contributed by atoms with E-state index in [4.69, 9.17) is 28.5 Å². The molecule has 19 heavy (non-hydrogen) atoms. The molecule has 0 aromatic heterocycles. The van der Waals surface area contributed by atoms with Gasteiger partial charge in [-0.1, -0.05) is 39.1 Å². The van der Waals surface area contributed by atoms with E-state index in [2.05, 4.69) is 27.3 Å². The van der Waals surface area contributed by atoms with E-state index < -0.39 is 0 Å². The van der Waals surface area contributed by atoms with Crippen molar-refractivity contribution >= 4 is 50.5 Å². The minimum atomic E-state index is 0.538. The van der Waals surface area contributed by atoms with Crippen molar-refractivity contribution in [2.24, 2.45) is 0 Å². The molecular formula is C14H9BrCl2N2. The molecule has 0 radical (unpaired) electrons. The number of nitriles is 1. The first-order chi connectivity index (χ1) is 9.01. The Hall–Kier alpha value is -1.21. The lowest BCUT2D eigenvalue weighted by Gasteiger charge is -2.12. The molecule has 0 atom stereocenters. The summed E-state index contributed by atoms with van der Waals surface area (Å²) in [4.78, 5) is 0. The van der Waals surface area contributed by atoms with Crippen LogP contribution in [-0.2, 0) is 0 Å². The van der Waals surface area contributed by atoms with E-state index in [1.54, 1.807) is 18.2 Å². The smallest absolute Gasteiger partial charge is 0.101 e. The number of anilines is 2. The number of hydrogen-bond acceptors (Lipinski definition) is 2. The maximum absolute atomic E-state index is 9.09. The SMILES string of the molecule is Cc1cc(Cl)c(Nc2cc(Br)ccc2C#N)cc1Cl. The third-order valence-corrected chi connectivity index (χ3v) is 3.83. The van der Waals surface area contributed by atoms with Crippen LogP contribution in [0.4, 0.5) is 11.4 Å². The summed E-state index contributed by atoms with van der Waals surface area (Å²) in [5.74, 6) is 0. The Morgan fingerprint density at radius 1 is 1.11 bits per heavy atom. The quantitative estimate of drug-likeness (QED) is 0.752. The average Bonchev–Trinajstić information content (AvgIpc) is 2.36. The van der Waals surface area contributed by atoms with Gasteiger partial charge in [0.1, 0.15) is 6.07 Å². The molecule has 0 aliphatic heterocycles. The van der Waals surface area contributed by atoms with Gasteiger partial charge in [0.2, 0.25) is 0 Å². The molecule has 96 valence electrons. The number of nitrogens with one attached hydrogen (secondary N) is 1. The molecule has 2 aromatic rings. The van der Waals surface area contributed by atoms with Crippen LogP contribution in [-0.4, -0.2) is 0 Å². The summed E-state index contributed by atoms with van der Waals surface area (Å²) in [7, 11) is 0. The van der Waals surface area contributed by atoms with Crippen LogP contribution in [0, 0.1) is 18.3 Å². The molecule has 0 bridgehead atoms. The van der Waals surface area contributed by atoms with Gasteiger partial charge < -0.3 is 5.32 Å². The van der Waals surface area contributed by atoms with Crippen molar-refractivity contribution in [3.63, 3.8) is 0 Å². The average molecular weight is 356 g/mol. The van der Waals surface area contributed by atoms with Gasteiger partial charge in [-0.05, 0) is 42.8 Å². The van der Waals surface area contributed by atoms with Gasteiger partial charge in [-0.15, -0.1) is 0 Å². The fourth-order valence-electron chi connectivity index (χ4n) is 1.60. The molecule has 0 unspecified atom stereocenters. The molecule has 0 saturated heterocycles. The van der Waals surface area contributed by atoms with E-state index in [1.165, 1.54) is 0 Å². The summed E-state index contributed by atoms with van der Waals surface area (Å²) in [5, 5.41) is 13.4. The fourth-order valence-corrected chi connectivity index (χ4v) is 2.39. The highest BCUT2D eigenvalue weighted by molar-refractivity contribution is 9.10. The maximum Gasteiger partial charge on any atom is 0.101 e. The van der Waals surface area contributed by atoms with Crippen LogP contribution in [0.5, 0.6) is 0 Å². The number of nitrogens with zero attached hydrogens (tertiary/aromatic N) is 1. The summed E-state index contributed by atoms with van der Waals surface area (Å²) in [6.07, 6.45) is 0. The Morgan fingerprint density at radius 3 is 2.53 bits per heavy atom. The van der Waals surface area contributed by atoms with E-state index >= 15 is 0 Å². The normalized spacial score (nSPS) is 10.1. The molecule has 2 nitrogen and oxygen atoms in total. The first-order valence-corrected chi connectivity index (χ1v) is 6.98. The predicted octanol–water partition coefficient (Wildman–Crippen LogP) is 5.68. The van der Waals surface area contributed by atoms with E-state index in [1.807, 2.05) is 19.1 Å². The Morgan fingerprint density at radius 2 is 1.84 bits per heavy atom. The van der Waals surface area contributed by atoms with E-state index in [-0.39, 0.29) is 0 Å². The van der Waals surface area contributed by atoms with Gasteiger partial charge in [-0.25, -0.2) is 0 Å². The Bertz CT molecular complexity index is 678. The van der Waals surface area contributed by atoms with Crippen LogP contribution in [0.2, 0.25) is 10.0 Å². The number of benzene rings is 2. The molecular weight excluding hydrogens is 347 g/mol. The third kappa shape index (κ3) is 3.22. The monoisotopic (exact) mass is 354 g/mol. The van der Waals surface area contributed by atoms with E-state index in [0.717, 1.165) is 10.0 Å². The van der Waals surface area contributed by atoms with Gasteiger partial charge in [-0.3, -0.25) is 0 Å². The summed E-state index contributed by atoms with van der Waals surface area (Å²) in [6, 6.07) is 11.0. The lowest BCUT2D eigenvalue weighted by Crippen LogP contribution is -1.95. The van der Waals surface area contributed by atoms with Gasteiger partial charge >= 0.3 is 0 Å². The largest absolute Gasteiger partial charge is 0.353 e. The first kappa shape index (κ1) is 14.2. The number of aryl methyl sites for hydroxylation is 1. The zero-order chi connectivity index (χ0) is 14.0. The Labute approximate surface area is 130 Å². The van der Waals surface area contributed by atoms with Crippen molar-refractivity contribution in [2.45, 2.75) is 6.92 Å². The molecule has 0 saturated carbocycles. The highest BCUT2D eigenvalue weighted by atomic mass is 79.9. The van der Waals surface area contributed by atoms with E-state index in [0.29, 0.717) is 27.0 Å². The summed E-state index contributed by atoms with van der Waals surface area (Å²) >= 11 is 15.6. The minimum Gasteiger partial charge on any atom is -0.353 e. The summed E-state index contributed by atoms with van der Waals surface area (Å²) < 4.78 is 0.878. The highest BCUT2D eigenvalue weighted by Gasteiger charge is 2.08. The molecule has 0 amide bonds. The number of rotatable bonds is 2. The molecule has 0 heterocycles. The summed E-state index contributed by atoms with van der Waals surface area (Å²) in [6.45, 7) is 1.89. The topological polar surface area (TPSA) is 35.8 Å². The van der Waals surface area contributed by atoms with Gasteiger partial charge in [0.15, 0.2) is 0 Å².